The van der Waals surface area contributed by atoms with Crippen molar-refractivity contribution in [2.45, 2.75) is 56.4 Å². The number of carbonyl (C=O) groups is 1. The van der Waals surface area contributed by atoms with Crippen LogP contribution in [0.2, 0.25) is 0 Å². The second kappa shape index (κ2) is 12.2. The third-order valence-corrected chi connectivity index (χ3v) is 5.72. The molecule has 0 spiro atoms. The Kier molecular flexibility index (Phi) is 9.94. The molecule has 0 bridgehead atoms. The number of aliphatic hydroxyl groups excluding tert-OH is 3. The number of unbranched alkanes of at least 4 members (excludes halogenated alkanes) is 2. The van der Waals surface area contributed by atoms with E-state index in [2.05, 4.69) is 16.6 Å². The summed E-state index contributed by atoms with van der Waals surface area (Å²) in [4.78, 5) is 29.9. The van der Waals surface area contributed by atoms with Crippen LogP contribution in [0.25, 0.3) is 0 Å². The highest BCUT2D eigenvalue weighted by atomic mass is 31.2. The molecule has 1 heterocycles. The normalized spacial score (nSPS) is 25.2. The van der Waals surface area contributed by atoms with Crippen molar-refractivity contribution < 1.29 is 49.0 Å². The van der Waals surface area contributed by atoms with E-state index < -0.39 is 50.5 Å². The van der Waals surface area contributed by atoms with Crippen molar-refractivity contribution in [3.8, 4) is 23.8 Å². The van der Waals surface area contributed by atoms with Crippen LogP contribution in [0.15, 0.2) is 18.2 Å². The van der Waals surface area contributed by atoms with Gasteiger partial charge in [-0.05, 0) is 31.4 Å². The monoisotopic (exact) mass is 488 g/mol. The summed E-state index contributed by atoms with van der Waals surface area (Å²) in [5.74, 6) is 2.16. The number of aliphatic hydroxyl groups is 3. The Morgan fingerprint density at radius 3 is 2.55 bits per heavy atom. The SMILES string of the molecule is C#CCCCCNC(=O)Nc1ccc(O[C@H]2O[C@H](CCP(=O)(O)O)[C@@H](O)[C@H](O)[C@@H]2O)cc1O. The number of urea groups is 1. The Hall–Kier alpha value is -2.36. The first-order chi connectivity index (χ1) is 15.5. The van der Waals surface area contributed by atoms with Gasteiger partial charge in [-0.25, -0.2) is 4.79 Å². The Morgan fingerprint density at radius 2 is 1.91 bits per heavy atom. The molecule has 13 heteroatoms. The molecule has 0 saturated carbocycles. The Bertz CT molecular complexity index is 886. The second-order valence-corrected chi connectivity index (χ2v) is 9.31. The fraction of sp³-hybridized carbons (Fsp3) is 0.550. The zero-order valence-electron chi connectivity index (χ0n) is 17.7. The number of terminal acetylenes is 1. The van der Waals surface area contributed by atoms with Gasteiger partial charge in [-0.3, -0.25) is 4.57 Å². The van der Waals surface area contributed by atoms with E-state index in [9.17, 15) is 29.8 Å². The van der Waals surface area contributed by atoms with Gasteiger partial charge in [0.1, 0.15) is 29.8 Å². The minimum absolute atomic E-state index is 0.00844. The first kappa shape index (κ1) is 26.9. The van der Waals surface area contributed by atoms with Crippen molar-refractivity contribution in [2.24, 2.45) is 0 Å². The molecule has 12 nitrogen and oxygen atoms in total. The molecule has 184 valence electrons. The average molecular weight is 488 g/mol. The number of phenolic OH excluding ortho intramolecular Hbond substituents is 1. The fourth-order valence-electron chi connectivity index (χ4n) is 3.09. The van der Waals surface area contributed by atoms with Gasteiger partial charge >= 0.3 is 13.6 Å². The molecule has 0 radical (unpaired) electrons. The lowest BCUT2D eigenvalue weighted by atomic mass is 9.97. The van der Waals surface area contributed by atoms with Crippen molar-refractivity contribution in [1.29, 1.82) is 0 Å². The molecule has 5 atom stereocenters. The smallest absolute Gasteiger partial charge is 0.325 e. The van der Waals surface area contributed by atoms with Gasteiger partial charge in [0.05, 0.1) is 18.0 Å². The average Bonchev–Trinajstić information content (AvgIpc) is 2.74. The third-order valence-electron chi connectivity index (χ3n) is 4.88. The number of ether oxygens (including phenoxy) is 2. The van der Waals surface area contributed by atoms with Crippen molar-refractivity contribution in [2.75, 3.05) is 18.0 Å². The summed E-state index contributed by atoms with van der Waals surface area (Å²) in [6.07, 6.45) is -1.29. The predicted octanol–water partition coefficient (Wildman–Crippen LogP) is 0.0714. The number of nitrogens with one attached hydrogen (secondary N) is 2. The van der Waals surface area contributed by atoms with Crippen molar-refractivity contribution >= 4 is 19.3 Å². The molecule has 0 aromatic heterocycles. The number of hydrogen-bond donors (Lipinski definition) is 8. The lowest BCUT2D eigenvalue weighted by molar-refractivity contribution is -0.272. The third kappa shape index (κ3) is 8.49. The maximum Gasteiger partial charge on any atom is 0.325 e. The van der Waals surface area contributed by atoms with Crippen LogP contribution in [0.4, 0.5) is 10.5 Å². The van der Waals surface area contributed by atoms with Gasteiger partial charge in [-0.1, -0.05) is 0 Å². The van der Waals surface area contributed by atoms with Gasteiger partial charge < -0.3 is 50.3 Å². The van der Waals surface area contributed by atoms with Crippen LogP contribution in [0.5, 0.6) is 11.5 Å². The quantitative estimate of drug-likeness (QED) is 0.0965. The number of benzene rings is 1. The van der Waals surface area contributed by atoms with Gasteiger partial charge in [0.2, 0.25) is 6.29 Å². The van der Waals surface area contributed by atoms with E-state index in [1.54, 1.807) is 0 Å². The zero-order chi connectivity index (χ0) is 24.6. The van der Waals surface area contributed by atoms with E-state index >= 15 is 0 Å². The van der Waals surface area contributed by atoms with Crippen LogP contribution in [0.1, 0.15) is 25.7 Å². The molecule has 2 amide bonds. The van der Waals surface area contributed by atoms with Crippen LogP contribution < -0.4 is 15.4 Å². The summed E-state index contributed by atoms with van der Waals surface area (Å²) in [5, 5.41) is 45.5. The van der Waals surface area contributed by atoms with Crippen molar-refractivity contribution in [3.05, 3.63) is 18.2 Å². The van der Waals surface area contributed by atoms with Crippen LogP contribution in [-0.2, 0) is 9.30 Å². The molecule has 0 unspecified atom stereocenters. The molecule has 1 aromatic carbocycles. The lowest BCUT2D eigenvalue weighted by Gasteiger charge is -2.40. The van der Waals surface area contributed by atoms with E-state index in [4.69, 9.17) is 25.7 Å². The summed E-state index contributed by atoms with van der Waals surface area (Å²) in [6.45, 7) is 0.406. The van der Waals surface area contributed by atoms with Crippen molar-refractivity contribution in [3.63, 3.8) is 0 Å². The summed E-state index contributed by atoms with van der Waals surface area (Å²) in [7, 11) is -4.37. The molecule has 1 aromatic rings. The minimum atomic E-state index is -4.37. The first-order valence-corrected chi connectivity index (χ1v) is 12.0. The molecule has 1 aliphatic rings. The second-order valence-electron chi connectivity index (χ2n) is 7.53. The zero-order valence-corrected chi connectivity index (χ0v) is 18.6. The van der Waals surface area contributed by atoms with E-state index in [1.165, 1.54) is 12.1 Å². The summed E-state index contributed by atoms with van der Waals surface area (Å²) in [5.41, 5.74) is 0.0866. The highest BCUT2D eigenvalue weighted by Crippen LogP contribution is 2.37. The van der Waals surface area contributed by atoms with Crippen LogP contribution in [0, 0.1) is 12.3 Å². The van der Waals surface area contributed by atoms with Crippen LogP contribution in [0.3, 0.4) is 0 Å². The molecule has 1 fully saturated rings. The maximum absolute atomic E-state index is 11.9. The van der Waals surface area contributed by atoms with Crippen LogP contribution in [-0.4, -0.2) is 79.7 Å². The summed E-state index contributed by atoms with van der Waals surface area (Å²) in [6, 6.07) is 3.31. The number of hydrogen-bond acceptors (Lipinski definition) is 8. The van der Waals surface area contributed by atoms with Crippen LogP contribution >= 0.6 is 7.60 Å². The largest absolute Gasteiger partial charge is 0.506 e. The van der Waals surface area contributed by atoms with Gasteiger partial charge in [0.25, 0.3) is 0 Å². The number of anilines is 1. The highest BCUT2D eigenvalue weighted by molar-refractivity contribution is 7.51. The molecule has 33 heavy (non-hydrogen) atoms. The highest BCUT2D eigenvalue weighted by Gasteiger charge is 2.45. The molecule has 2 rings (SSSR count). The fourth-order valence-corrected chi connectivity index (χ4v) is 3.68. The topological polar surface area (TPSA) is 198 Å². The van der Waals surface area contributed by atoms with E-state index in [0.717, 1.165) is 12.5 Å². The predicted molar refractivity (Wildman–Crippen MR) is 117 cm³/mol. The van der Waals surface area contributed by atoms with Gasteiger partial charge in [0, 0.05) is 19.0 Å². The van der Waals surface area contributed by atoms with Crippen molar-refractivity contribution in [1.82, 2.24) is 5.32 Å². The number of amides is 2. The Morgan fingerprint density at radius 1 is 1.18 bits per heavy atom. The summed E-state index contributed by atoms with van der Waals surface area (Å²) >= 11 is 0. The minimum Gasteiger partial charge on any atom is -0.506 e. The number of phenols is 1. The molecule has 8 N–H and O–H groups in total. The van der Waals surface area contributed by atoms with E-state index in [0.29, 0.717) is 19.4 Å². The molecular weight excluding hydrogens is 459 g/mol. The summed E-state index contributed by atoms with van der Waals surface area (Å²) < 4.78 is 21.9. The van der Waals surface area contributed by atoms with Gasteiger partial charge in [0.15, 0.2) is 0 Å². The number of rotatable bonds is 10. The number of aromatic hydroxyl groups is 1. The Balaban J connectivity index is 1.96. The van der Waals surface area contributed by atoms with E-state index in [-0.39, 0.29) is 23.6 Å². The molecule has 0 aliphatic carbocycles. The van der Waals surface area contributed by atoms with Gasteiger partial charge in [-0.2, -0.15) is 0 Å². The maximum atomic E-state index is 11.9. The molecule has 1 aliphatic heterocycles. The van der Waals surface area contributed by atoms with E-state index in [1.807, 2.05) is 0 Å². The first-order valence-electron chi connectivity index (χ1n) is 10.2. The molecular formula is C20H29N2O10P. The molecule has 1 saturated heterocycles. The lowest BCUT2D eigenvalue weighted by Crippen LogP contribution is -2.59. The Labute approximate surface area is 190 Å². The van der Waals surface area contributed by atoms with Gasteiger partial charge in [-0.15, -0.1) is 12.3 Å². The standard InChI is InChI=1S/C20H29N2O10P/c1-2-3-4-5-9-21-20(27)22-13-7-6-12(11-14(13)23)31-19-18(26)17(25)16(24)15(32-19)8-10-33(28,29)30/h1,6-7,11,15-19,23-26H,3-5,8-10H2,(H2,21,22,27)(H2,28,29,30)/t15-,16-,17+,18+,19+/m1/s1. The number of carbonyl (C=O) groups excluding carboxylic acids is 1.